The number of benzene rings is 1. The van der Waals surface area contributed by atoms with Crippen LogP contribution in [0.15, 0.2) is 24.4 Å². The molecule has 2 aliphatic carbocycles. The van der Waals surface area contributed by atoms with Crippen molar-refractivity contribution in [2.45, 2.75) is 63.2 Å². The van der Waals surface area contributed by atoms with Gasteiger partial charge in [-0.3, -0.25) is 10.1 Å². The number of aromatic nitrogens is 7. The first-order valence-corrected chi connectivity index (χ1v) is 12.0. The van der Waals surface area contributed by atoms with Crippen molar-refractivity contribution in [1.82, 2.24) is 35.8 Å². The number of nitrogens with zero attached hydrogens (tertiary/aromatic N) is 5. The van der Waals surface area contributed by atoms with Crippen LogP contribution in [0.5, 0.6) is 0 Å². The summed E-state index contributed by atoms with van der Waals surface area (Å²) in [5, 5.41) is 24.2. The molecule has 8 nitrogen and oxygen atoms in total. The van der Waals surface area contributed by atoms with E-state index in [2.05, 4.69) is 49.0 Å². The van der Waals surface area contributed by atoms with Crippen LogP contribution in [0.4, 0.5) is 0 Å². The minimum atomic E-state index is -0.134. The maximum atomic E-state index is 5.81. The molecule has 0 atom stereocenters. The molecule has 1 aromatic carbocycles. The monoisotopic (exact) mass is 443 g/mol. The Bertz CT molecular complexity index is 1270. The molecule has 6 rings (SSSR count). The van der Waals surface area contributed by atoms with E-state index in [1.165, 1.54) is 42.5 Å². The average Bonchev–Trinajstić information content (AvgIpc) is 3.59. The maximum Gasteiger partial charge on any atom is 0.207 e. The zero-order valence-electron chi connectivity index (χ0n) is 19.0. The highest BCUT2D eigenvalue weighted by atomic mass is 16.5. The van der Waals surface area contributed by atoms with Crippen LogP contribution in [0.3, 0.4) is 0 Å². The standard InChI is InChI=1S/C25H29N7O/c1-33-15-25(12-5-6-13-25)23-22(24-29-31-32-30-24)21(17-8-3-2-4-10-19(17)27-23)16-9-7-11-20-18(16)14-26-28-20/h7,9,11,14H,2-6,8,10,12-13,15H2,1H3,(H,26,28)(H,29,30,31,32). The number of fused-ring (bicyclic) bond motifs is 2. The van der Waals surface area contributed by atoms with Gasteiger partial charge in [0.2, 0.25) is 5.82 Å². The number of rotatable bonds is 5. The molecule has 0 unspecified atom stereocenters. The second-order valence-corrected chi connectivity index (χ2v) is 9.49. The summed E-state index contributed by atoms with van der Waals surface area (Å²) in [5.41, 5.74) is 7.91. The summed E-state index contributed by atoms with van der Waals surface area (Å²) in [6.07, 6.45) is 12.0. The summed E-state index contributed by atoms with van der Waals surface area (Å²) in [6.45, 7) is 0.652. The normalized spacial score (nSPS) is 17.8. The van der Waals surface area contributed by atoms with Gasteiger partial charge in [0.1, 0.15) is 0 Å². The Kier molecular flexibility index (Phi) is 5.17. The van der Waals surface area contributed by atoms with E-state index in [4.69, 9.17) is 9.72 Å². The lowest BCUT2D eigenvalue weighted by atomic mass is 9.77. The summed E-state index contributed by atoms with van der Waals surface area (Å²) >= 11 is 0. The summed E-state index contributed by atoms with van der Waals surface area (Å²) < 4.78 is 5.81. The predicted octanol–water partition coefficient (Wildman–Crippen LogP) is 4.53. The number of H-pyrrole nitrogens is 2. The van der Waals surface area contributed by atoms with E-state index in [0.717, 1.165) is 59.8 Å². The lowest BCUT2D eigenvalue weighted by molar-refractivity contribution is 0.129. The number of aromatic amines is 2. The number of hydrogen-bond acceptors (Lipinski definition) is 6. The van der Waals surface area contributed by atoms with E-state index >= 15 is 0 Å². The molecular weight excluding hydrogens is 414 g/mol. The topological polar surface area (TPSA) is 105 Å². The van der Waals surface area contributed by atoms with Crippen LogP contribution in [0.1, 0.15) is 61.9 Å². The highest BCUT2D eigenvalue weighted by molar-refractivity contribution is 6.00. The molecule has 1 fully saturated rings. The van der Waals surface area contributed by atoms with Gasteiger partial charge in [0.15, 0.2) is 0 Å². The molecule has 0 aliphatic heterocycles. The van der Waals surface area contributed by atoms with E-state index in [-0.39, 0.29) is 5.41 Å². The fraction of sp³-hybridized carbons (Fsp3) is 0.480. The van der Waals surface area contributed by atoms with Crippen LogP contribution in [-0.4, -0.2) is 49.5 Å². The largest absolute Gasteiger partial charge is 0.384 e. The number of hydrogen-bond donors (Lipinski definition) is 2. The molecule has 170 valence electrons. The van der Waals surface area contributed by atoms with E-state index in [9.17, 15) is 0 Å². The van der Waals surface area contributed by atoms with E-state index in [1.807, 2.05) is 6.20 Å². The summed E-state index contributed by atoms with van der Waals surface area (Å²) in [7, 11) is 1.80. The quantitative estimate of drug-likeness (QED) is 0.439. The van der Waals surface area contributed by atoms with Crippen molar-refractivity contribution in [3.05, 3.63) is 41.3 Å². The number of nitrogens with one attached hydrogen (secondary N) is 2. The summed E-state index contributed by atoms with van der Waals surface area (Å²) in [5.74, 6) is 0.613. The number of ether oxygens (including phenoxy) is 1. The molecule has 2 aliphatic rings. The number of pyridine rings is 1. The molecule has 0 amide bonds. The molecule has 0 spiro atoms. The van der Waals surface area contributed by atoms with Gasteiger partial charge in [0.05, 0.1) is 29.6 Å². The minimum Gasteiger partial charge on any atom is -0.384 e. The lowest BCUT2D eigenvalue weighted by Gasteiger charge is -2.32. The third kappa shape index (κ3) is 3.35. The van der Waals surface area contributed by atoms with Gasteiger partial charge in [-0.15, -0.1) is 10.2 Å². The Morgan fingerprint density at radius 3 is 2.73 bits per heavy atom. The van der Waals surface area contributed by atoms with Gasteiger partial charge in [0.25, 0.3) is 0 Å². The van der Waals surface area contributed by atoms with Gasteiger partial charge >= 0.3 is 0 Å². The van der Waals surface area contributed by atoms with Crippen LogP contribution >= 0.6 is 0 Å². The Balaban J connectivity index is 1.74. The molecule has 1 saturated carbocycles. The lowest BCUT2D eigenvalue weighted by Crippen LogP contribution is -2.31. The summed E-state index contributed by atoms with van der Waals surface area (Å²) in [4.78, 5) is 5.43. The molecule has 3 heterocycles. The van der Waals surface area contributed by atoms with E-state index in [1.54, 1.807) is 7.11 Å². The van der Waals surface area contributed by atoms with Crippen molar-refractivity contribution in [3.63, 3.8) is 0 Å². The zero-order chi connectivity index (χ0) is 22.3. The van der Waals surface area contributed by atoms with Crippen LogP contribution in [0.25, 0.3) is 33.4 Å². The first-order chi connectivity index (χ1) is 16.3. The Labute approximate surface area is 192 Å². The first-order valence-electron chi connectivity index (χ1n) is 12.0. The molecule has 0 radical (unpaired) electrons. The highest BCUT2D eigenvalue weighted by Gasteiger charge is 2.42. The van der Waals surface area contributed by atoms with Gasteiger partial charge in [-0.1, -0.05) is 31.4 Å². The van der Waals surface area contributed by atoms with Gasteiger partial charge in [-0.25, -0.2) is 0 Å². The zero-order valence-corrected chi connectivity index (χ0v) is 19.0. The minimum absolute atomic E-state index is 0.134. The van der Waals surface area contributed by atoms with Crippen molar-refractivity contribution in [2.75, 3.05) is 13.7 Å². The van der Waals surface area contributed by atoms with Crippen LogP contribution < -0.4 is 0 Å². The Morgan fingerprint density at radius 1 is 1.03 bits per heavy atom. The van der Waals surface area contributed by atoms with Gasteiger partial charge < -0.3 is 4.74 Å². The third-order valence-electron chi connectivity index (χ3n) is 7.53. The second-order valence-electron chi connectivity index (χ2n) is 9.49. The predicted molar refractivity (Wildman–Crippen MR) is 126 cm³/mol. The van der Waals surface area contributed by atoms with Gasteiger partial charge in [-0.05, 0) is 60.9 Å². The van der Waals surface area contributed by atoms with Crippen LogP contribution in [0, 0.1) is 0 Å². The molecule has 4 aromatic rings. The van der Waals surface area contributed by atoms with Crippen LogP contribution in [-0.2, 0) is 23.0 Å². The first kappa shape index (κ1) is 20.5. The second kappa shape index (κ2) is 8.33. The van der Waals surface area contributed by atoms with E-state index < -0.39 is 0 Å². The van der Waals surface area contributed by atoms with Crippen molar-refractivity contribution in [1.29, 1.82) is 0 Å². The van der Waals surface area contributed by atoms with Crippen molar-refractivity contribution in [3.8, 4) is 22.5 Å². The fourth-order valence-corrected chi connectivity index (χ4v) is 6.05. The fourth-order valence-electron chi connectivity index (χ4n) is 6.05. The molecule has 0 saturated heterocycles. The van der Waals surface area contributed by atoms with Crippen molar-refractivity contribution < 1.29 is 4.74 Å². The number of tetrazole rings is 1. The van der Waals surface area contributed by atoms with Crippen molar-refractivity contribution >= 4 is 10.9 Å². The average molecular weight is 444 g/mol. The molecule has 0 bridgehead atoms. The molecule has 3 aromatic heterocycles. The van der Waals surface area contributed by atoms with Crippen molar-refractivity contribution in [2.24, 2.45) is 0 Å². The third-order valence-corrected chi connectivity index (χ3v) is 7.53. The Morgan fingerprint density at radius 2 is 1.91 bits per heavy atom. The maximum absolute atomic E-state index is 5.81. The number of methoxy groups -OCH3 is 1. The highest BCUT2D eigenvalue weighted by Crippen LogP contribution is 2.49. The molecule has 33 heavy (non-hydrogen) atoms. The molecule has 8 heteroatoms. The molecule has 2 N–H and O–H groups in total. The smallest absolute Gasteiger partial charge is 0.207 e. The SMILES string of the molecule is COCC1(c2nc3c(c(-c4cccc5[nH]ncc45)c2-c2nn[nH]n2)CCCCC3)CCCC1. The summed E-state index contributed by atoms with van der Waals surface area (Å²) in [6, 6.07) is 6.37. The molecular formula is C25H29N7O. The van der Waals surface area contributed by atoms with Crippen LogP contribution in [0.2, 0.25) is 0 Å². The van der Waals surface area contributed by atoms with Gasteiger partial charge in [0, 0.05) is 29.2 Å². The van der Waals surface area contributed by atoms with Gasteiger partial charge in [-0.2, -0.15) is 10.3 Å². The van der Waals surface area contributed by atoms with E-state index in [0.29, 0.717) is 12.4 Å². The Hall–Kier alpha value is -3.13. The number of aryl methyl sites for hydroxylation is 1.